The van der Waals surface area contributed by atoms with Gasteiger partial charge in [0.1, 0.15) is 17.1 Å². The molecule has 0 unspecified atom stereocenters. The van der Waals surface area contributed by atoms with Crippen LogP contribution in [0.15, 0.2) is 6.20 Å². The Hall–Kier alpha value is -1.85. The van der Waals surface area contributed by atoms with Crippen molar-refractivity contribution in [1.29, 1.82) is 0 Å². The zero-order chi connectivity index (χ0) is 12.8. The summed E-state index contributed by atoms with van der Waals surface area (Å²) in [4.78, 5) is 27.6. The zero-order valence-corrected chi connectivity index (χ0v) is 10.1. The van der Waals surface area contributed by atoms with E-state index in [9.17, 15) is 9.59 Å². The molecule has 1 aliphatic heterocycles. The van der Waals surface area contributed by atoms with E-state index < -0.39 is 11.3 Å². The Morgan fingerprint density at radius 3 is 2.83 bits per heavy atom. The maximum Gasteiger partial charge on any atom is 0.241 e. The summed E-state index contributed by atoms with van der Waals surface area (Å²) in [6.45, 7) is 0.870. The molecule has 3 rings (SSSR count). The van der Waals surface area contributed by atoms with E-state index in [-0.39, 0.29) is 5.91 Å². The number of nitrogens with one attached hydrogen (secondary N) is 1. The standard InChI is InChI=1S/C12H16N4O2/c13-10(17)12(4-5-12)11(18)15-9-7-14-8-3-1-2-6-16(8)9/h7H,1-6H2,(H2,13,17)(H,15,18). The minimum Gasteiger partial charge on any atom is -0.369 e. The highest BCUT2D eigenvalue weighted by Gasteiger charge is 2.55. The van der Waals surface area contributed by atoms with Crippen LogP contribution in [-0.2, 0) is 22.6 Å². The van der Waals surface area contributed by atoms with Crippen molar-refractivity contribution >= 4 is 17.6 Å². The van der Waals surface area contributed by atoms with Gasteiger partial charge in [-0.2, -0.15) is 0 Å². The molecular formula is C12H16N4O2. The minimum absolute atomic E-state index is 0.289. The summed E-state index contributed by atoms with van der Waals surface area (Å²) >= 11 is 0. The maximum atomic E-state index is 12.1. The molecule has 1 saturated carbocycles. The quantitative estimate of drug-likeness (QED) is 0.760. The Balaban J connectivity index is 1.79. The van der Waals surface area contributed by atoms with Crippen LogP contribution in [0.25, 0.3) is 0 Å². The molecule has 2 amide bonds. The molecule has 2 heterocycles. The summed E-state index contributed by atoms with van der Waals surface area (Å²) in [5, 5.41) is 2.79. The Morgan fingerprint density at radius 1 is 1.39 bits per heavy atom. The number of rotatable bonds is 3. The van der Waals surface area contributed by atoms with Crippen molar-refractivity contribution in [3.8, 4) is 0 Å². The van der Waals surface area contributed by atoms with Crippen LogP contribution < -0.4 is 11.1 Å². The number of nitrogens with zero attached hydrogens (tertiary/aromatic N) is 2. The van der Waals surface area contributed by atoms with E-state index in [4.69, 9.17) is 5.73 Å². The highest BCUT2D eigenvalue weighted by molar-refractivity contribution is 6.12. The number of carbonyl (C=O) groups excluding carboxylic acids is 2. The van der Waals surface area contributed by atoms with Crippen LogP contribution in [0.1, 0.15) is 31.5 Å². The Labute approximate surface area is 105 Å². The van der Waals surface area contributed by atoms with E-state index in [1.807, 2.05) is 4.57 Å². The summed E-state index contributed by atoms with van der Waals surface area (Å²) in [6, 6.07) is 0. The molecule has 18 heavy (non-hydrogen) atoms. The van der Waals surface area contributed by atoms with E-state index in [1.165, 1.54) is 0 Å². The van der Waals surface area contributed by atoms with Crippen LogP contribution in [-0.4, -0.2) is 21.4 Å². The molecule has 3 N–H and O–H groups in total. The molecule has 6 nitrogen and oxygen atoms in total. The summed E-state index contributed by atoms with van der Waals surface area (Å²) in [6.07, 6.45) is 5.93. The molecule has 1 fully saturated rings. The van der Waals surface area contributed by atoms with Crippen LogP contribution in [0, 0.1) is 5.41 Å². The zero-order valence-electron chi connectivity index (χ0n) is 10.1. The molecule has 96 valence electrons. The molecule has 0 saturated heterocycles. The molecule has 6 heteroatoms. The third-order valence-electron chi connectivity index (χ3n) is 3.87. The lowest BCUT2D eigenvalue weighted by Crippen LogP contribution is -2.36. The van der Waals surface area contributed by atoms with E-state index in [0.29, 0.717) is 18.7 Å². The van der Waals surface area contributed by atoms with Crippen molar-refractivity contribution in [2.24, 2.45) is 11.1 Å². The van der Waals surface area contributed by atoms with Gasteiger partial charge in [0.2, 0.25) is 11.8 Å². The molecule has 0 atom stereocenters. The first-order valence-electron chi connectivity index (χ1n) is 6.29. The normalized spacial score (nSPS) is 20.0. The fraction of sp³-hybridized carbons (Fsp3) is 0.583. The number of aromatic nitrogens is 2. The number of imidazole rings is 1. The van der Waals surface area contributed by atoms with Gasteiger partial charge in [-0.05, 0) is 25.7 Å². The second-order valence-corrected chi connectivity index (χ2v) is 5.07. The number of fused-ring (bicyclic) bond motifs is 1. The van der Waals surface area contributed by atoms with E-state index in [0.717, 1.165) is 31.6 Å². The van der Waals surface area contributed by atoms with Crippen molar-refractivity contribution in [1.82, 2.24) is 9.55 Å². The van der Waals surface area contributed by atoms with E-state index in [1.54, 1.807) is 6.20 Å². The molecule has 2 aliphatic rings. The van der Waals surface area contributed by atoms with E-state index >= 15 is 0 Å². The number of hydrogen-bond acceptors (Lipinski definition) is 3. The lowest BCUT2D eigenvalue weighted by molar-refractivity contribution is -0.132. The third kappa shape index (κ3) is 1.60. The third-order valence-corrected chi connectivity index (χ3v) is 3.87. The minimum atomic E-state index is -0.973. The molecule has 0 radical (unpaired) electrons. The number of hydrogen-bond donors (Lipinski definition) is 2. The maximum absolute atomic E-state index is 12.1. The van der Waals surface area contributed by atoms with Crippen LogP contribution >= 0.6 is 0 Å². The largest absolute Gasteiger partial charge is 0.369 e. The van der Waals surface area contributed by atoms with Crippen molar-refractivity contribution in [2.45, 2.75) is 38.6 Å². The molecule has 1 aromatic heterocycles. The highest BCUT2D eigenvalue weighted by Crippen LogP contribution is 2.46. The summed E-state index contributed by atoms with van der Waals surface area (Å²) in [5.74, 6) is 0.865. The van der Waals surface area contributed by atoms with Gasteiger partial charge in [0, 0.05) is 13.0 Å². The topological polar surface area (TPSA) is 90.0 Å². The van der Waals surface area contributed by atoms with Crippen molar-refractivity contribution in [2.75, 3.05) is 5.32 Å². The van der Waals surface area contributed by atoms with Gasteiger partial charge < -0.3 is 15.6 Å². The molecule has 0 aromatic carbocycles. The van der Waals surface area contributed by atoms with Gasteiger partial charge in [-0.1, -0.05) is 0 Å². The summed E-state index contributed by atoms with van der Waals surface area (Å²) in [5.41, 5.74) is 4.31. The predicted octanol–water partition coefficient (Wildman–Crippen LogP) is 0.423. The number of primary amides is 1. The Morgan fingerprint density at radius 2 is 2.17 bits per heavy atom. The van der Waals surface area contributed by atoms with E-state index in [2.05, 4.69) is 10.3 Å². The first-order valence-corrected chi connectivity index (χ1v) is 6.29. The van der Waals surface area contributed by atoms with Crippen molar-refractivity contribution in [3.05, 3.63) is 12.0 Å². The molecule has 0 spiro atoms. The lowest BCUT2D eigenvalue weighted by Gasteiger charge is -2.18. The van der Waals surface area contributed by atoms with Gasteiger partial charge in [-0.3, -0.25) is 9.59 Å². The Bertz CT molecular complexity index is 516. The van der Waals surface area contributed by atoms with Crippen LogP contribution in [0.5, 0.6) is 0 Å². The SMILES string of the molecule is NC(=O)C1(C(=O)Nc2cnc3n2CCCC3)CC1. The Kier molecular flexibility index (Phi) is 2.39. The molecule has 1 aliphatic carbocycles. The fourth-order valence-electron chi connectivity index (χ4n) is 2.46. The first-order chi connectivity index (χ1) is 8.63. The van der Waals surface area contributed by atoms with Gasteiger partial charge in [-0.25, -0.2) is 4.98 Å². The summed E-state index contributed by atoms with van der Waals surface area (Å²) in [7, 11) is 0. The number of aryl methyl sites for hydroxylation is 1. The highest BCUT2D eigenvalue weighted by atomic mass is 16.2. The monoisotopic (exact) mass is 248 g/mol. The lowest BCUT2D eigenvalue weighted by atomic mass is 10.1. The smallest absolute Gasteiger partial charge is 0.241 e. The number of nitrogens with two attached hydrogens (primary N) is 1. The fourth-order valence-corrected chi connectivity index (χ4v) is 2.46. The van der Waals surface area contributed by atoms with Gasteiger partial charge in [0.25, 0.3) is 0 Å². The molecule has 0 bridgehead atoms. The second-order valence-electron chi connectivity index (χ2n) is 5.07. The van der Waals surface area contributed by atoms with Crippen LogP contribution in [0.3, 0.4) is 0 Å². The first kappa shape index (κ1) is 11.3. The average Bonchev–Trinajstić information content (AvgIpc) is 3.09. The summed E-state index contributed by atoms with van der Waals surface area (Å²) < 4.78 is 2.01. The molecule has 1 aromatic rings. The second kappa shape index (κ2) is 3.83. The van der Waals surface area contributed by atoms with Crippen molar-refractivity contribution < 1.29 is 9.59 Å². The predicted molar refractivity (Wildman–Crippen MR) is 64.7 cm³/mol. The van der Waals surface area contributed by atoms with Crippen molar-refractivity contribution in [3.63, 3.8) is 0 Å². The van der Waals surface area contributed by atoms with Gasteiger partial charge >= 0.3 is 0 Å². The number of anilines is 1. The number of carbonyl (C=O) groups is 2. The van der Waals surface area contributed by atoms with Gasteiger partial charge in [0.05, 0.1) is 6.20 Å². The number of amides is 2. The van der Waals surface area contributed by atoms with Gasteiger partial charge in [0.15, 0.2) is 0 Å². The molecular weight excluding hydrogens is 232 g/mol. The van der Waals surface area contributed by atoms with Crippen LogP contribution in [0.4, 0.5) is 5.82 Å². The van der Waals surface area contributed by atoms with Crippen LogP contribution in [0.2, 0.25) is 0 Å². The van der Waals surface area contributed by atoms with Gasteiger partial charge in [-0.15, -0.1) is 0 Å². The average molecular weight is 248 g/mol.